The number of aliphatic hydroxyl groups excluding tert-OH is 1. The predicted octanol–water partition coefficient (Wildman–Crippen LogP) is 15.0. The first-order chi connectivity index (χ1) is 30.5. The Morgan fingerprint density at radius 3 is 1.41 bits per heavy atom. The van der Waals surface area contributed by atoms with Gasteiger partial charge in [-0.2, -0.15) is 0 Å². The smallest absolute Gasteiger partial charge is 0.268 e. The van der Waals surface area contributed by atoms with Crippen molar-refractivity contribution in [2.45, 2.75) is 251 Å². The van der Waals surface area contributed by atoms with Crippen molar-refractivity contribution in [1.82, 2.24) is 5.32 Å². The Morgan fingerprint density at radius 2 is 0.968 bits per heavy atom. The van der Waals surface area contributed by atoms with Gasteiger partial charge in [-0.3, -0.25) is 9.36 Å². The van der Waals surface area contributed by atoms with E-state index in [0.29, 0.717) is 23.9 Å². The largest absolute Gasteiger partial charge is 0.756 e. The quantitative estimate of drug-likeness (QED) is 0.0272. The molecule has 3 atom stereocenters. The van der Waals surface area contributed by atoms with Crippen molar-refractivity contribution >= 4 is 13.7 Å². The molecule has 2 N–H and O–H groups in total. The normalized spacial score (nSPS) is 14.5. The Morgan fingerprint density at radius 1 is 0.571 bits per heavy atom. The number of carbonyl (C=O) groups excluding carboxylic acids is 1. The minimum atomic E-state index is -4.57. The van der Waals surface area contributed by atoms with Gasteiger partial charge in [0.05, 0.1) is 39.9 Å². The molecule has 0 fully saturated rings. The average molecular weight is 907 g/mol. The van der Waals surface area contributed by atoms with E-state index in [1.165, 1.54) is 141 Å². The van der Waals surface area contributed by atoms with Crippen LogP contribution in [0.3, 0.4) is 0 Å². The third-order valence-corrected chi connectivity index (χ3v) is 12.8. The van der Waals surface area contributed by atoms with E-state index >= 15 is 0 Å². The Kier molecular flexibility index (Phi) is 44.5. The van der Waals surface area contributed by atoms with Gasteiger partial charge in [0.25, 0.3) is 7.82 Å². The maximum Gasteiger partial charge on any atom is 0.268 e. The number of nitrogens with one attached hydrogen (secondary N) is 1. The molecule has 0 aromatic carbocycles. The van der Waals surface area contributed by atoms with Gasteiger partial charge >= 0.3 is 0 Å². The number of phosphoric ester groups is 1. The molecule has 63 heavy (non-hydrogen) atoms. The van der Waals surface area contributed by atoms with E-state index in [4.69, 9.17) is 9.05 Å². The summed E-state index contributed by atoms with van der Waals surface area (Å²) in [5.41, 5.74) is 0. The van der Waals surface area contributed by atoms with Crippen LogP contribution < -0.4 is 10.2 Å². The first-order valence-corrected chi connectivity index (χ1v) is 27.9. The molecular formula is C54H103N2O6P. The van der Waals surface area contributed by atoms with Gasteiger partial charge in [0.15, 0.2) is 0 Å². The van der Waals surface area contributed by atoms with E-state index in [9.17, 15) is 19.4 Å². The van der Waals surface area contributed by atoms with Gasteiger partial charge in [-0.05, 0) is 51.4 Å². The fraction of sp³-hybridized carbons (Fsp3) is 0.833. The second kappa shape index (κ2) is 45.6. The van der Waals surface area contributed by atoms with E-state index in [-0.39, 0.29) is 19.1 Å². The molecule has 0 saturated carbocycles. The van der Waals surface area contributed by atoms with Gasteiger partial charge in [0, 0.05) is 6.42 Å². The van der Waals surface area contributed by atoms with Crippen LogP contribution in [0.25, 0.3) is 0 Å². The number of unbranched alkanes of at least 4 members (excludes halogenated alkanes) is 27. The van der Waals surface area contributed by atoms with E-state index in [1.807, 2.05) is 21.1 Å². The molecule has 0 radical (unpaired) electrons. The number of phosphoric acid groups is 1. The summed E-state index contributed by atoms with van der Waals surface area (Å²) in [4.78, 5) is 25.5. The maximum absolute atomic E-state index is 13.0. The van der Waals surface area contributed by atoms with Crippen LogP contribution in [0.15, 0.2) is 48.6 Å². The van der Waals surface area contributed by atoms with Crippen molar-refractivity contribution in [3.63, 3.8) is 0 Å². The number of hydrogen-bond donors (Lipinski definition) is 2. The maximum atomic E-state index is 13.0. The Hall–Kier alpha value is -1.54. The number of allylic oxidation sites excluding steroid dienone is 8. The summed E-state index contributed by atoms with van der Waals surface area (Å²) in [5, 5.41) is 14.0. The zero-order chi connectivity index (χ0) is 46.4. The molecule has 3 unspecified atom stereocenters. The Labute approximate surface area is 390 Å². The molecule has 0 rings (SSSR count). The van der Waals surface area contributed by atoms with Crippen LogP contribution in [-0.2, 0) is 18.4 Å². The van der Waals surface area contributed by atoms with Crippen LogP contribution in [0.2, 0.25) is 0 Å². The second-order valence-corrected chi connectivity index (χ2v) is 20.6. The molecule has 9 heteroatoms. The number of rotatable bonds is 48. The van der Waals surface area contributed by atoms with Crippen molar-refractivity contribution in [2.24, 2.45) is 0 Å². The summed E-state index contributed by atoms with van der Waals surface area (Å²) in [7, 11) is 1.30. The summed E-state index contributed by atoms with van der Waals surface area (Å²) >= 11 is 0. The first kappa shape index (κ1) is 61.5. The second-order valence-electron chi connectivity index (χ2n) is 19.2. The van der Waals surface area contributed by atoms with Gasteiger partial charge in [-0.15, -0.1) is 0 Å². The number of hydrogen-bond acceptors (Lipinski definition) is 6. The summed E-state index contributed by atoms with van der Waals surface area (Å²) < 4.78 is 23.4. The summed E-state index contributed by atoms with van der Waals surface area (Å²) in [6.45, 7) is 4.62. The highest BCUT2D eigenvalue weighted by molar-refractivity contribution is 7.45. The molecule has 0 heterocycles. The molecule has 8 nitrogen and oxygen atoms in total. The minimum absolute atomic E-state index is 0.00922. The van der Waals surface area contributed by atoms with Crippen LogP contribution in [0.5, 0.6) is 0 Å². The standard InChI is InChI=1S/C54H103N2O6P/c1-6-8-10-12-14-16-18-20-22-24-26-28-30-32-34-36-38-40-42-44-46-48-54(58)55-52(51-62-63(59,60)61-50-49-56(3,4)5)53(57)47-45-43-41-39-37-35-33-31-29-27-25-23-21-19-17-15-13-11-9-7-2/h8,10,14,16,20,22,26,28,52-53,57H,6-7,9,11-13,15,17-19,21,23-25,27,29-51H2,1-5H3,(H-,55,58,59,60)/b10-8-,16-14-,22-20-,28-26-. The van der Waals surface area contributed by atoms with Gasteiger partial charge in [-0.1, -0.05) is 229 Å². The van der Waals surface area contributed by atoms with E-state index < -0.39 is 20.0 Å². The monoisotopic (exact) mass is 907 g/mol. The molecule has 0 saturated heterocycles. The Bertz CT molecular complexity index is 1170. The fourth-order valence-electron chi connectivity index (χ4n) is 7.68. The lowest BCUT2D eigenvalue weighted by Gasteiger charge is -2.30. The molecule has 0 spiro atoms. The zero-order valence-electron chi connectivity index (χ0n) is 42.0. The molecule has 0 bridgehead atoms. The summed E-state index contributed by atoms with van der Waals surface area (Å²) in [6.07, 6.45) is 58.4. The number of amides is 1. The van der Waals surface area contributed by atoms with Crippen molar-refractivity contribution in [1.29, 1.82) is 0 Å². The van der Waals surface area contributed by atoms with Crippen molar-refractivity contribution < 1.29 is 32.9 Å². The summed E-state index contributed by atoms with van der Waals surface area (Å²) in [6, 6.07) is -0.807. The lowest BCUT2D eigenvalue weighted by Crippen LogP contribution is -2.46. The van der Waals surface area contributed by atoms with Crippen LogP contribution in [0.4, 0.5) is 0 Å². The van der Waals surface area contributed by atoms with Crippen molar-refractivity contribution in [3.8, 4) is 0 Å². The fourth-order valence-corrected chi connectivity index (χ4v) is 8.40. The number of aliphatic hydroxyl groups is 1. The minimum Gasteiger partial charge on any atom is -0.756 e. The molecule has 0 aliphatic carbocycles. The van der Waals surface area contributed by atoms with Crippen molar-refractivity contribution in [2.75, 3.05) is 40.9 Å². The number of nitrogens with zero attached hydrogens (tertiary/aromatic N) is 1. The van der Waals surface area contributed by atoms with E-state index in [0.717, 1.165) is 70.6 Å². The van der Waals surface area contributed by atoms with Gasteiger partial charge in [0.2, 0.25) is 5.91 Å². The highest BCUT2D eigenvalue weighted by Gasteiger charge is 2.24. The number of quaternary nitrogens is 1. The molecule has 0 aliphatic heterocycles. The van der Waals surface area contributed by atoms with E-state index in [1.54, 1.807) is 0 Å². The average Bonchev–Trinajstić information content (AvgIpc) is 3.24. The molecule has 0 aromatic rings. The lowest BCUT2D eigenvalue weighted by atomic mass is 10.0. The van der Waals surface area contributed by atoms with Gasteiger partial charge in [0.1, 0.15) is 13.2 Å². The van der Waals surface area contributed by atoms with Crippen LogP contribution in [0, 0.1) is 0 Å². The molecule has 370 valence electrons. The van der Waals surface area contributed by atoms with E-state index in [2.05, 4.69) is 67.8 Å². The Balaban J connectivity index is 4.26. The zero-order valence-corrected chi connectivity index (χ0v) is 42.9. The van der Waals surface area contributed by atoms with Crippen LogP contribution in [0.1, 0.15) is 239 Å². The molecule has 0 aliphatic rings. The summed E-state index contributed by atoms with van der Waals surface area (Å²) in [5.74, 6) is -0.173. The number of carbonyl (C=O) groups is 1. The van der Waals surface area contributed by atoms with Gasteiger partial charge < -0.3 is 28.8 Å². The predicted molar refractivity (Wildman–Crippen MR) is 270 cm³/mol. The molecular weight excluding hydrogens is 804 g/mol. The third kappa shape index (κ3) is 48.2. The molecule has 0 aromatic heterocycles. The van der Waals surface area contributed by atoms with Gasteiger partial charge in [-0.25, -0.2) is 0 Å². The SMILES string of the molecule is CC/C=C\C/C=C\C/C=C\C/C=C\CCCCCCCCCCC(=O)NC(COP(=O)([O-])OCC[N+](C)(C)C)C(O)CCCCCCCCCCCCCCCCCCCCCC. The van der Waals surface area contributed by atoms with Crippen LogP contribution in [-0.4, -0.2) is 68.5 Å². The highest BCUT2D eigenvalue weighted by atomic mass is 31.2. The van der Waals surface area contributed by atoms with Crippen molar-refractivity contribution in [3.05, 3.63) is 48.6 Å². The number of likely N-dealkylation sites (N-methyl/N-ethyl adjacent to an activating group) is 1. The molecule has 1 amide bonds. The highest BCUT2D eigenvalue weighted by Crippen LogP contribution is 2.38. The van der Waals surface area contributed by atoms with Crippen LogP contribution >= 0.6 is 7.82 Å². The first-order valence-electron chi connectivity index (χ1n) is 26.5. The topological polar surface area (TPSA) is 108 Å². The lowest BCUT2D eigenvalue weighted by molar-refractivity contribution is -0.870. The third-order valence-electron chi connectivity index (χ3n) is 11.8.